The highest BCUT2D eigenvalue weighted by Gasteiger charge is 2.11. The van der Waals surface area contributed by atoms with Crippen molar-refractivity contribution in [1.82, 2.24) is 19.6 Å². The highest BCUT2D eigenvalue weighted by molar-refractivity contribution is 8.00. The van der Waals surface area contributed by atoms with Crippen LogP contribution in [0.2, 0.25) is 0 Å². The first-order valence-corrected chi connectivity index (χ1v) is 10.6. The van der Waals surface area contributed by atoms with Crippen LogP contribution in [0.4, 0.5) is 20.0 Å². The Bertz CT molecular complexity index is 1290. The predicted octanol–water partition coefficient (Wildman–Crippen LogP) is 3.93. The van der Waals surface area contributed by atoms with Crippen LogP contribution in [-0.4, -0.2) is 25.6 Å². The third-order valence-corrected chi connectivity index (χ3v) is 5.97. The summed E-state index contributed by atoms with van der Waals surface area (Å²) in [6, 6.07) is 10.4. The molecular weight excluding hydrogens is 427 g/mol. The number of nitrogens with one attached hydrogen (secondary N) is 2. The van der Waals surface area contributed by atoms with Crippen LogP contribution in [0.1, 0.15) is 11.3 Å². The number of anilines is 2. The maximum absolute atomic E-state index is 13.6. The fourth-order valence-corrected chi connectivity index (χ4v) is 4.23. The van der Waals surface area contributed by atoms with Crippen molar-refractivity contribution in [2.45, 2.75) is 17.0 Å². The van der Waals surface area contributed by atoms with Gasteiger partial charge in [-0.3, -0.25) is 14.5 Å². The number of para-hydroxylation sites is 1. The predicted molar refractivity (Wildman–Crippen MR) is 115 cm³/mol. The third-order valence-electron chi connectivity index (χ3n) is 3.97. The number of halogens is 1. The molecular formula is C19H15FN6O2S2. The van der Waals surface area contributed by atoms with Gasteiger partial charge in [0.15, 0.2) is 4.34 Å². The lowest BCUT2D eigenvalue weighted by Crippen LogP contribution is -2.19. The second kappa shape index (κ2) is 8.59. The highest BCUT2D eigenvalue weighted by Crippen LogP contribution is 2.28. The molecule has 0 spiro atoms. The lowest BCUT2D eigenvalue weighted by Gasteiger charge is -2.05. The molecule has 8 nitrogen and oxygen atoms in total. The van der Waals surface area contributed by atoms with Crippen LogP contribution in [-0.2, 0) is 5.75 Å². The van der Waals surface area contributed by atoms with Gasteiger partial charge in [-0.05, 0) is 36.8 Å². The van der Waals surface area contributed by atoms with E-state index in [0.717, 1.165) is 5.56 Å². The van der Waals surface area contributed by atoms with E-state index < -0.39 is 11.8 Å². The number of thioether (sulfide) groups is 1. The van der Waals surface area contributed by atoms with Crippen molar-refractivity contribution in [1.29, 1.82) is 0 Å². The maximum Gasteiger partial charge on any atom is 0.325 e. The summed E-state index contributed by atoms with van der Waals surface area (Å²) in [7, 11) is 0. The molecule has 2 amide bonds. The first kappa shape index (κ1) is 20.0. The number of urea groups is 1. The van der Waals surface area contributed by atoms with Gasteiger partial charge in [0.2, 0.25) is 5.13 Å². The van der Waals surface area contributed by atoms with Crippen LogP contribution < -0.4 is 16.2 Å². The van der Waals surface area contributed by atoms with E-state index in [9.17, 15) is 14.0 Å². The van der Waals surface area contributed by atoms with Crippen molar-refractivity contribution in [3.8, 4) is 0 Å². The molecule has 30 heavy (non-hydrogen) atoms. The fraction of sp³-hybridized carbons (Fsp3) is 0.105. The van der Waals surface area contributed by atoms with Gasteiger partial charge in [0, 0.05) is 18.0 Å². The molecule has 0 bridgehead atoms. The number of hydrogen-bond acceptors (Lipinski definition) is 7. The van der Waals surface area contributed by atoms with Gasteiger partial charge in [-0.15, -0.1) is 10.2 Å². The Balaban J connectivity index is 1.39. The molecule has 152 valence electrons. The Labute approximate surface area is 178 Å². The maximum atomic E-state index is 13.6. The largest absolute Gasteiger partial charge is 0.325 e. The molecule has 11 heteroatoms. The van der Waals surface area contributed by atoms with Gasteiger partial charge < -0.3 is 5.32 Å². The number of fused-ring (bicyclic) bond motifs is 1. The summed E-state index contributed by atoms with van der Waals surface area (Å²) in [5, 5.41) is 13.1. The van der Waals surface area contributed by atoms with E-state index in [1.54, 1.807) is 12.3 Å². The van der Waals surface area contributed by atoms with Crippen molar-refractivity contribution in [2.24, 2.45) is 0 Å². The molecule has 0 aliphatic carbocycles. The molecule has 2 N–H and O–H groups in total. The quantitative estimate of drug-likeness (QED) is 0.359. The summed E-state index contributed by atoms with van der Waals surface area (Å²) >= 11 is 2.52. The Kier molecular flexibility index (Phi) is 5.72. The van der Waals surface area contributed by atoms with Gasteiger partial charge in [0.25, 0.3) is 5.56 Å². The molecule has 1 aromatic carbocycles. The van der Waals surface area contributed by atoms with Gasteiger partial charge in [0.05, 0.1) is 11.4 Å². The zero-order chi connectivity index (χ0) is 21.1. The summed E-state index contributed by atoms with van der Waals surface area (Å²) in [4.78, 5) is 28.7. The summed E-state index contributed by atoms with van der Waals surface area (Å²) in [6.07, 6.45) is 1.70. The number of benzene rings is 1. The standard InChI is InChI=1S/C19H15FN6O2S2/c1-11-6-7-26-15(8-11)21-12(9-16(26)27)10-29-19-25-24-18(30-19)23-17(28)22-14-5-3-2-4-13(14)20/h2-9H,10H2,1H3,(H2,22,23,24,28). The zero-order valence-corrected chi connectivity index (χ0v) is 17.3. The topological polar surface area (TPSA) is 101 Å². The fourth-order valence-electron chi connectivity index (χ4n) is 2.60. The Morgan fingerprint density at radius 1 is 1.20 bits per heavy atom. The molecule has 4 aromatic rings. The summed E-state index contributed by atoms with van der Waals surface area (Å²) in [5.74, 6) is -0.106. The molecule has 0 saturated carbocycles. The summed E-state index contributed by atoms with van der Waals surface area (Å²) in [5.41, 5.74) is 2.14. The van der Waals surface area contributed by atoms with E-state index in [1.165, 1.54) is 51.8 Å². The van der Waals surface area contributed by atoms with Crippen LogP contribution >= 0.6 is 23.1 Å². The van der Waals surface area contributed by atoms with Crippen LogP contribution in [0.3, 0.4) is 0 Å². The molecule has 0 fully saturated rings. The van der Waals surface area contributed by atoms with E-state index in [4.69, 9.17) is 0 Å². The van der Waals surface area contributed by atoms with Crippen molar-refractivity contribution in [3.05, 3.63) is 76.1 Å². The minimum absolute atomic E-state index is 0.0676. The molecule has 0 saturated heterocycles. The van der Waals surface area contributed by atoms with E-state index in [-0.39, 0.29) is 16.4 Å². The van der Waals surface area contributed by atoms with E-state index in [0.29, 0.717) is 21.4 Å². The Hall–Kier alpha value is -3.31. The molecule has 0 aliphatic rings. The van der Waals surface area contributed by atoms with Crippen molar-refractivity contribution in [3.63, 3.8) is 0 Å². The van der Waals surface area contributed by atoms with Crippen molar-refractivity contribution < 1.29 is 9.18 Å². The SMILES string of the molecule is Cc1ccn2c(=O)cc(CSc3nnc(NC(=O)Nc4ccccc4F)s3)nc2c1. The number of rotatable bonds is 5. The number of aryl methyl sites for hydroxylation is 1. The second-order valence-electron chi connectivity index (χ2n) is 6.24. The number of carbonyl (C=O) groups excluding carboxylic acids is 1. The number of carbonyl (C=O) groups is 1. The number of nitrogens with zero attached hydrogens (tertiary/aromatic N) is 4. The first-order valence-electron chi connectivity index (χ1n) is 8.76. The lowest BCUT2D eigenvalue weighted by molar-refractivity contribution is 0.262. The normalized spacial score (nSPS) is 10.9. The number of aromatic nitrogens is 4. The molecule has 0 unspecified atom stereocenters. The Morgan fingerprint density at radius 2 is 2.03 bits per heavy atom. The number of hydrogen-bond donors (Lipinski definition) is 2. The molecule has 0 radical (unpaired) electrons. The van der Waals surface area contributed by atoms with Crippen LogP contribution in [0.15, 0.2) is 57.8 Å². The molecule has 3 heterocycles. The van der Waals surface area contributed by atoms with Crippen LogP contribution in [0.5, 0.6) is 0 Å². The minimum atomic E-state index is -0.618. The van der Waals surface area contributed by atoms with Gasteiger partial charge in [-0.1, -0.05) is 35.2 Å². The monoisotopic (exact) mass is 442 g/mol. The molecule has 3 aromatic heterocycles. The smallest absolute Gasteiger partial charge is 0.305 e. The van der Waals surface area contributed by atoms with Crippen molar-refractivity contribution >= 4 is 45.6 Å². The number of amides is 2. The van der Waals surface area contributed by atoms with Crippen LogP contribution in [0.25, 0.3) is 5.65 Å². The zero-order valence-electron chi connectivity index (χ0n) is 15.6. The first-order chi connectivity index (χ1) is 14.5. The average Bonchev–Trinajstić information content (AvgIpc) is 3.15. The summed E-state index contributed by atoms with van der Waals surface area (Å²) in [6.45, 7) is 1.94. The molecule has 0 atom stereocenters. The minimum Gasteiger partial charge on any atom is -0.305 e. The van der Waals surface area contributed by atoms with E-state index in [2.05, 4.69) is 25.8 Å². The van der Waals surface area contributed by atoms with Gasteiger partial charge in [-0.25, -0.2) is 14.2 Å². The van der Waals surface area contributed by atoms with Gasteiger partial charge in [-0.2, -0.15) is 0 Å². The van der Waals surface area contributed by atoms with Gasteiger partial charge >= 0.3 is 6.03 Å². The lowest BCUT2D eigenvalue weighted by atomic mass is 10.3. The highest BCUT2D eigenvalue weighted by atomic mass is 32.2. The van der Waals surface area contributed by atoms with E-state index in [1.807, 2.05) is 19.1 Å². The van der Waals surface area contributed by atoms with Gasteiger partial charge in [0.1, 0.15) is 11.5 Å². The second-order valence-corrected chi connectivity index (χ2v) is 8.44. The van der Waals surface area contributed by atoms with E-state index >= 15 is 0 Å². The average molecular weight is 443 g/mol. The van der Waals surface area contributed by atoms with Crippen molar-refractivity contribution in [2.75, 3.05) is 10.6 Å². The summed E-state index contributed by atoms with van der Waals surface area (Å²) < 4.78 is 15.7. The van der Waals surface area contributed by atoms with Crippen LogP contribution in [0, 0.1) is 12.7 Å². The molecule has 0 aliphatic heterocycles. The number of pyridine rings is 1. The Morgan fingerprint density at radius 3 is 2.87 bits per heavy atom. The molecule has 4 rings (SSSR count). The third kappa shape index (κ3) is 4.63.